The van der Waals surface area contributed by atoms with E-state index in [-0.39, 0.29) is 0 Å². The van der Waals surface area contributed by atoms with Gasteiger partial charge in [-0.15, -0.1) is 0 Å². The molecule has 2 rings (SSSR count). The molecule has 0 saturated heterocycles. The first-order chi connectivity index (χ1) is 8.63. The van der Waals surface area contributed by atoms with Crippen molar-refractivity contribution < 1.29 is 0 Å². The molecule has 1 fully saturated rings. The number of nitrogens with zero attached hydrogens (tertiary/aromatic N) is 3. The highest BCUT2D eigenvalue weighted by atomic mass is 15.3. The second kappa shape index (κ2) is 5.52. The van der Waals surface area contributed by atoms with E-state index in [2.05, 4.69) is 20.3 Å². The first-order valence-corrected chi connectivity index (χ1v) is 6.66. The van der Waals surface area contributed by atoms with E-state index in [0.717, 1.165) is 17.5 Å². The number of rotatable bonds is 3. The standard InChI is InChI=1S/C13H23N5/c1-9-15-12(17-14)11(13(16-9)18(2)3)10-7-5-4-6-8-10/h10H,4-8,14H2,1-3H3,(H,15,16,17). The Morgan fingerprint density at radius 3 is 2.39 bits per heavy atom. The van der Waals surface area contributed by atoms with Gasteiger partial charge in [-0.3, -0.25) is 0 Å². The van der Waals surface area contributed by atoms with Crippen molar-refractivity contribution in [3.63, 3.8) is 0 Å². The lowest BCUT2D eigenvalue weighted by atomic mass is 9.84. The third kappa shape index (κ3) is 2.56. The highest BCUT2D eigenvalue weighted by Gasteiger charge is 2.24. The molecule has 1 aromatic rings. The van der Waals surface area contributed by atoms with Gasteiger partial charge in [-0.2, -0.15) is 0 Å². The van der Waals surface area contributed by atoms with Gasteiger partial charge < -0.3 is 10.3 Å². The molecule has 1 saturated carbocycles. The Labute approximate surface area is 109 Å². The van der Waals surface area contributed by atoms with Gasteiger partial charge in [0.2, 0.25) is 0 Å². The molecular weight excluding hydrogens is 226 g/mol. The first kappa shape index (κ1) is 13.1. The van der Waals surface area contributed by atoms with Crippen LogP contribution in [0, 0.1) is 6.92 Å². The van der Waals surface area contributed by atoms with E-state index >= 15 is 0 Å². The van der Waals surface area contributed by atoms with Gasteiger partial charge in [0.25, 0.3) is 0 Å². The van der Waals surface area contributed by atoms with Gasteiger partial charge >= 0.3 is 0 Å². The molecule has 0 bridgehead atoms. The van der Waals surface area contributed by atoms with Crippen LogP contribution in [0.1, 0.15) is 49.4 Å². The molecule has 0 aliphatic heterocycles. The van der Waals surface area contributed by atoms with Crippen molar-refractivity contribution in [1.82, 2.24) is 9.97 Å². The number of hydrazine groups is 1. The number of nitrogen functional groups attached to an aromatic ring is 1. The number of nitrogens with one attached hydrogen (secondary N) is 1. The fourth-order valence-corrected chi connectivity index (χ4v) is 2.78. The number of aryl methyl sites for hydroxylation is 1. The third-order valence-electron chi connectivity index (χ3n) is 3.61. The van der Waals surface area contributed by atoms with Crippen molar-refractivity contribution in [1.29, 1.82) is 0 Å². The van der Waals surface area contributed by atoms with E-state index in [4.69, 9.17) is 5.84 Å². The van der Waals surface area contributed by atoms with Crippen molar-refractivity contribution in [2.45, 2.75) is 44.9 Å². The van der Waals surface area contributed by atoms with E-state index < -0.39 is 0 Å². The Kier molecular flexibility index (Phi) is 4.01. The highest BCUT2D eigenvalue weighted by Crippen LogP contribution is 2.39. The van der Waals surface area contributed by atoms with E-state index in [0.29, 0.717) is 5.92 Å². The SMILES string of the molecule is Cc1nc(NN)c(C2CCCCC2)c(N(C)C)n1. The van der Waals surface area contributed by atoms with Crippen molar-refractivity contribution in [3.05, 3.63) is 11.4 Å². The maximum absolute atomic E-state index is 5.64. The van der Waals surface area contributed by atoms with E-state index in [9.17, 15) is 0 Å². The van der Waals surface area contributed by atoms with Crippen LogP contribution in [0.25, 0.3) is 0 Å². The van der Waals surface area contributed by atoms with E-state index in [1.165, 1.54) is 37.7 Å². The lowest BCUT2D eigenvalue weighted by Gasteiger charge is -2.27. The minimum absolute atomic E-state index is 0.530. The molecule has 0 spiro atoms. The number of hydrogen-bond donors (Lipinski definition) is 2. The van der Waals surface area contributed by atoms with Crippen LogP contribution in [-0.2, 0) is 0 Å². The molecule has 0 radical (unpaired) electrons. The van der Waals surface area contributed by atoms with Crippen molar-refractivity contribution in [3.8, 4) is 0 Å². The Morgan fingerprint density at radius 2 is 1.83 bits per heavy atom. The molecule has 3 N–H and O–H groups in total. The van der Waals surface area contributed by atoms with Gasteiger partial charge in [-0.05, 0) is 25.7 Å². The molecule has 5 heteroatoms. The maximum atomic E-state index is 5.64. The van der Waals surface area contributed by atoms with Crippen LogP contribution < -0.4 is 16.2 Å². The summed E-state index contributed by atoms with van der Waals surface area (Å²) in [6.45, 7) is 1.90. The molecule has 1 aliphatic carbocycles. The number of hydrogen-bond acceptors (Lipinski definition) is 5. The molecule has 1 heterocycles. The Morgan fingerprint density at radius 1 is 1.17 bits per heavy atom. The molecule has 100 valence electrons. The summed E-state index contributed by atoms with van der Waals surface area (Å²) in [4.78, 5) is 11.1. The van der Waals surface area contributed by atoms with Crippen LogP contribution >= 0.6 is 0 Å². The van der Waals surface area contributed by atoms with Crippen molar-refractivity contribution >= 4 is 11.6 Å². The Balaban J connectivity index is 2.46. The van der Waals surface area contributed by atoms with Gasteiger partial charge in [0.05, 0.1) is 0 Å². The zero-order valence-corrected chi connectivity index (χ0v) is 11.5. The predicted molar refractivity (Wildman–Crippen MR) is 74.7 cm³/mol. The molecule has 5 nitrogen and oxygen atoms in total. The third-order valence-corrected chi connectivity index (χ3v) is 3.61. The summed E-state index contributed by atoms with van der Waals surface area (Å²) >= 11 is 0. The summed E-state index contributed by atoms with van der Waals surface area (Å²) in [6, 6.07) is 0. The largest absolute Gasteiger partial charge is 0.362 e. The second-order valence-corrected chi connectivity index (χ2v) is 5.23. The smallest absolute Gasteiger partial charge is 0.149 e. The summed E-state index contributed by atoms with van der Waals surface area (Å²) in [5.41, 5.74) is 3.94. The van der Waals surface area contributed by atoms with Crippen LogP contribution in [-0.4, -0.2) is 24.1 Å². The first-order valence-electron chi connectivity index (χ1n) is 6.66. The van der Waals surface area contributed by atoms with Gasteiger partial charge in [-0.1, -0.05) is 19.3 Å². The lowest BCUT2D eigenvalue weighted by molar-refractivity contribution is 0.443. The Bertz CT molecular complexity index is 410. The van der Waals surface area contributed by atoms with Crippen molar-refractivity contribution in [2.75, 3.05) is 24.4 Å². The molecule has 1 aliphatic rings. The quantitative estimate of drug-likeness (QED) is 0.635. The number of aromatic nitrogens is 2. The van der Waals surface area contributed by atoms with Gasteiger partial charge in [0, 0.05) is 19.7 Å². The van der Waals surface area contributed by atoms with Crippen LogP contribution in [0.15, 0.2) is 0 Å². The lowest BCUT2D eigenvalue weighted by Crippen LogP contribution is -2.22. The fraction of sp³-hybridized carbons (Fsp3) is 0.692. The fourth-order valence-electron chi connectivity index (χ4n) is 2.78. The molecule has 18 heavy (non-hydrogen) atoms. The summed E-state index contributed by atoms with van der Waals surface area (Å²) in [6.07, 6.45) is 6.33. The summed E-state index contributed by atoms with van der Waals surface area (Å²) < 4.78 is 0. The predicted octanol–water partition coefficient (Wildman–Crippen LogP) is 2.18. The molecule has 0 amide bonds. The topological polar surface area (TPSA) is 67.1 Å². The average Bonchev–Trinajstić information content (AvgIpc) is 2.38. The van der Waals surface area contributed by atoms with Crippen molar-refractivity contribution in [2.24, 2.45) is 5.84 Å². The van der Waals surface area contributed by atoms with Crippen LogP contribution in [0.5, 0.6) is 0 Å². The second-order valence-electron chi connectivity index (χ2n) is 5.23. The molecule has 0 atom stereocenters. The van der Waals surface area contributed by atoms with Gasteiger partial charge in [0.1, 0.15) is 17.5 Å². The van der Waals surface area contributed by atoms with E-state index in [1.54, 1.807) is 0 Å². The zero-order chi connectivity index (χ0) is 13.1. The molecule has 0 unspecified atom stereocenters. The zero-order valence-electron chi connectivity index (χ0n) is 11.5. The number of nitrogens with two attached hydrogens (primary N) is 1. The normalized spacial score (nSPS) is 16.7. The average molecular weight is 249 g/mol. The maximum Gasteiger partial charge on any atom is 0.149 e. The molecule has 1 aromatic heterocycles. The van der Waals surface area contributed by atoms with Gasteiger partial charge in [0.15, 0.2) is 0 Å². The minimum Gasteiger partial charge on any atom is -0.362 e. The Hall–Kier alpha value is -1.36. The van der Waals surface area contributed by atoms with Crippen LogP contribution in [0.2, 0.25) is 0 Å². The number of anilines is 2. The van der Waals surface area contributed by atoms with Gasteiger partial charge in [-0.25, -0.2) is 15.8 Å². The van der Waals surface area contributed by atoms with Crippen LogP contribution in [0.4, 0.5) is 11.6 Å². The van der Waals surface area contributed by atoms with E-state index in [1.807, 2.05) is 21.0 Å². The molecule has 0 aromatic carbocycles. The highest BCUT2D eigenvalue weighted by molar-refractivity contribution is 5.60. The summed E-state index contributed by atoms with van der Waals surface area (Å²) in [7, 11) is 4.04. The summed E-state index contributed by atoms with van der Waals surface area (Å²) in [5, 5.41) is 0. The molecular formula is C13H23N5. The monoisotopic (exact) mass is 249 g/mol. The van der Waals surface area contributed by atoms with Crippen LogP contribution in [0.3, 0.4) is 0 Å². The summed E-state index contributed by atoms with van der Waals surface area (Å²) in [5.74, 6) is 8.71. The minimum atomic E-state index is 0.530.